The van der Waals surface area contributed by atoms with Crippen molar-refractivity contribution in [1.29, 1.82) is 0 Å². The van der Waals surface area contributed by atoms with Crippen molar-refractivity contribution < 1.29 is 0 Å². The molecule has 0 spiro atoms. The molecule has 0 saturated carbocycles. The molecule has 0 N–H and O–H groups in total. The molecule has 0 fully saturated rings. The van der Waals surface area contributed by atoms with E-state index in [1.165, 1.54) is 26.6 Å². The maximum absolute atomic E-state index is 4.11. The molecule has 0 radical (unpaired) electrons. The molecular weight excluding hydrogens is 420 g/mol. The van der Waals surface area contributed by atoms with Crippen LogP contribution in [-0.2, 0) is 0 Å². The number of benzene rings is 3. The van der Waals surface area contributed by atoms with Crippen LogP contribution in [0.2, 0.25) is 0 Å². The van der Waals surface area contributed by atoms with Gasteiger partial charge >= 0.3 is 0 Å². The number of hydrogen-bond acceptors (Lipinski definition) is 1. The van der Waals surface area contributed by atoms with E-state index in [0.717, 1.165) is 38.6 Å². The summed E-state index contributed by atoms with van der Waals surface area (Å²) in [4.78, 5) is 2.35. The summed E-state index contributed by atoms with van der Waals surface area (Å²) in [7, 11) is 0. The Balaban J connectivity index is 1.74. The van der Waals surface area contributed by atoms with E-state index >= 15 is 0 Å². The average molecular weight is 443 g/mol. The normalized spacial score (nSPS) is 13.1. The summed E-state index contributed by atoms with van der Waals surface area (Å²) in [6.45, 7) is 16.3. The predicted molar refractivity (Wildman–Crippen MR) is 146 cm³/mol. The number of thioether (sulfide) groups is 1. The van der Waals surface area contributed by atoms with E-state index in [9.17, 15) is 0 Å². The Morgan fingerprint density at radius 2 is 1.45 bits per heavy atom. The van der Waals surface area contributed by atoms with Gasteiger partial charge in [0.05, 0.1) is 27.9 Å². The molecule has 1 aliphatic rings. The highest BCUT2D eigenvalue weighted by molar-refractivity contribution is 8.03. The molecule has 3 heteroatoms. The molecule has 0 aliphatic carbocycles. The van der Waals surface area contributed by atoms with Crippen LogP contribution in [0.25, 0.3) is 56.2 Å². The Bertz CT molecular complexity index is 1700. The van der Waals surface area contributed by atoms with Gasteiger partial charge in [0.25, 0.3) is 0 Å². The van der Waals surface area contributed by atoms with Gasteiger partial charge in [0.15, 0.2) is 0 Å². The Morgan fingerprint density at radius 3 is 2.21 bits per heavy atom. The molecule has 0 atom stereocenters. The van der Waals surface area contributed by atoms with Crippen LogP contribution in [0.15, 0.2) is 109 Å². The van der Waals surface area contributed by atoms with Gasteiger partial charge in [-0.3, -0.25) is 0 Å². The summed E-state index contributed by atoms with van der Waals surface area (Å²) in [5, 5.41) is 3.62. The summed E-state index contributed by atoms with van der Waals surface area (Å²) in [6.07, 6.45) is 7.69. The predicted octanol–water partition coefficient (Wildman–Crippen LogP) is 8.67. The monoisotopic (exact) mass is 442 g/mol. The van der Waals surface area contributed by atoms with E-state index in [1.807, 2.05) is 24.3 Å². The number of para-hydroxylation sites is 2. The van der Waals surface area contributed by atoms with Gasteiger partial charge in [0, 0.05) is 37.2 Å². The summed E-state index contributed by atoms with van der Waals surface area (Å²) in [5.41, 5.74) is 7.87. The smallest absolute Gasteiger partial charge is 0.0681 e. The third kappa shape index (κ3) is 2.57. The number of rotatable bonds is 5. The fourth-order valence-corrected chi connectivity index (χ4v) is 6.14. The van der Waals surface area contributed by atoms with Gasteiger partial charge in [-0.2, -0.15) is 0 Å². The van der Waals surface area contributed by atoms with Crippen molar-refractivity contribution in [2.24, 2.45) is 0 Å². The van der Waals surface area contributed by atoms with Gasteiger partial charge in [-0.15, -0.1) is 0 Å². The second-order valence-electron chi connectivity index (χ2n) is 8.01. The van der Waals surface area contributed by atoms with E-state index in [4.69, 9.17) is 0 Å². The highest BCUT2D eigenvalue weighted by atomic mass is 32.2. The van der Waals surface area contributed by atoms with Crippen LogP contribution < -0.4 is 0 Å². The molecule has 3 aromatic carbocycles. The maximum Gasteiger partial charge on any atom is 0.0681 e. The fraction of sp³-hybridized carbons (Fsp3) is 0. The van der Waals surface area contributed by atoms with E-state index < -0.39 is 0 Å². The summed E-state index contributed by atoms with van der Waals surface area (Å²) < 4.78 is 4.60. The van der Waals surface area contributed by atoms with Crippen molar-refractivity contribution in [2.45, 2.75) is 4.90 Å². The zero-order valence-corrected chi connectivity index (χ0v) is 19.0. The molecule has 6 rings (SSSR count). The molecule has 1 aliphatic heterocycles. The Kier molecular flexibility index (Phi) is 4.36. The molecule has 2 aromatic heterocycles. The van der Waals surface area contributed by atoms with Crippen molar-refractivity contribution in [1.82, 2.24) is 9.13 Å². The molecule has 0 bridgehead atoms. The molecule has 0 amide bonds. The Hall–Kier alpha value is -3.95. The summed E-state index contributed by atoms with van der Waals surface area (Å²) >= 11 is 1.75. The first-order valence-corrected chi connectivity index (χ1v) is 11.7. The molecular formula is C30H22N2S. The van der Waals surface area contributed by atoms with Crippen molar-refractivity contribution in [2.75, 3.05) is 0 Å². The first kappa shape index (κ1) is 19.7. The van der Waals surface area contributed by atoms with Gasteiger partial charge in [0.2, 0.25) is 0 Å². The molecule has 158 valence electrons. The van der Waals surface area contributed by atoms with Crippen LogP contribution in [0.3, 0.4) is 0 Å². The maximum atomic E-state index is 4.11. The lowest BCUT2D eigenvalue weighted by atomic mass is 10.1. The standard InChI is InChI=1S/C30H22N2S/c1-5-20-21-12-9-10-14-26(21)31(24(20)6-2)19-16-17-27-23(18-19)22-13-11-15-29-30(22)32(27)25(7-3)28(8-4)33-29/h5-18H,1-4H2. The first-order chi connectivity index (χ1) is 16.2. The minimum absolute atomic E-state index is 1.05. The van der Waals surface area contributed by atoms with Gasteiger partial charge in [-0.05, 0) is 42.5 Å². The van der Waals surface area contributed by atoms with Crippen molar-refractivity contribution in [3.8, 4) is 5.69 Å². The zero-order valence-electron chi connectivity index (χ0n) is 18.2. The average Bonchev–Trinajstić information content (AvgIpc) is 3.37. The fourth-order valence-electron chi connectivity index (χ4n) is 5.09. The molecule has 3 heterocycles. The van der Waals surface area contributed by atoms with Crippen molar-refractivity contribution in [3.63, 3.8) is 0 Å². The minimum Gasteiger partial charge on any atom is -0.309 e. The lowest BCUT2D eigenvalue weighted by Gasteiger charge is -2.20. The van der Waals surface area contributed by atoms with Crippen LogP contribution in [-0.4, -0.2) is 9.13 Å². The minimum atomic E-state index is 1.05. The zero-order chi connectivity index (χ0) is 22.7. The molecule has 0 saturated heterocycles. The molecule has 5 aromatic rings. The second kappa shape index (κ2) is 7.29. The van der Waals surface area contributed by atoms with Gasteiger partial charge in [-0.25, -0.2) is 0 Å². The van der Waals surface area contributed by atoms with Crippen LogP contribution in [0.1, 0.15) is 11.3 Å². The number of nitrogens with zero attached hydrogens (tertiary/aromatic N) is 2. The van der Waals surface area contributed by atoms with Gasteiger partial charge in [0.1, 0.15) is 0 Å². The van der Waals surface area contributed by atoms with E-state index in [1.54, 1.807) is 11.8 Å². The third-order valence-electron chi connectivity index (χ3n) is 6.43. The van der Waals surface area contributed by atoms with E-state index in [2.05, 4.69) is 96.1 Å². The third-order valence-corrected chi connectivity index (χ3v) is 7.58. The lowest BCUT2D eigenvalue weighted by Crippen LogP contribution is -2.02. The topological polar surface area (TPSA) is 9.86 Å². The summed E-state index contributed by atoms with van der Waals surface area (Å²) in [6, 6.07) is 21.6. The van der Waals surface area contributed by atoms with Crippen LogP contribution in [0, 0.1) is 0 Å². The second-order valence-corrected chi connectivity index (χ2v) is 9.09. The number of aromatic nitrogens is 2. The number of hydrogen-bond donors (Lipinski definition) is 0. The largest absolute Gasteiger partial charge is 0.309 e. The first-order valence-electron chi connectivity index (χ1n) is 10.8. The Morgan fingerprint density at radius 1 is 0.667 bits per heavy atom. The lowest BCUT2D eigenvalue weighted by molar-refractivity contribution is 1.11. The number of allylic oxidation sites excluding steroid dienone is 3. The highest BCUT2D eigenvalue weighted by Gasteiger charge is 2.23. The van der Waals surface area contributed by atoms with E-state index in [0.29, 0.717) is 0 Å². The quantitative estimate of drug-likeness (QED) is 0.265. The van der Waals surface area contributed by atoms with Crippen LogP contribution in [0.5, 0.6) is 0 Å². The van der Waals surface area contributed by atoms with E-state index in [-0.39, 0.29) is 0 Å². The SMILES string of the molecule is C=CC1=C(C=C)n2c3ccc(-n4c(C=C)c(C=C)c5ccccc54)cc3c3cccc(c32)S1. The van der Waals surface area contributed by atoms with Crippen molar-refractivity contribution >= 4 is 62.3 Å². The van der Waals surface area contributed by atoms with Gasteiger partial charge in [-0.1, -0.05) is 80.6 Å². The van der Waals surface area contributed by atoms with Gasteiger partial charge < -0.3 is 9.13 Å². The van der Waals surface area contributed by atoms with Crippen LogP contribution in [0.4, 0.5) is 0 Å². The summed E-state index contributed by atoms with van der Waals surface area (Å²) in [5.74, 6) is 0. The molecule has 2 nitrogen and oxygen atoms in total. The highest BCUT2D eigenvalue weighted by Crippen LogP contribution is 2.46. The number of fused-ring (bicyclic) bond motifs is 4. The van der Waals surface area contributed by atoms with Crippen LogP contribution >= 0.6 is 11.8 Å². The molecule has 0 unspecified atom stereocenters. The van der Waals surface area contributed by atoms with Crippen molar-refractivity contribution in [3.05, 3.63) is 115 Å². The Labute approximate surface area is 197 Å². The molecule has 33 heavy (non-hydrogen) atoms.